The lowest BCUT2D eigenvalue weighted by atomic mass is 9.92. The molecule has 162 valence electrons. The van der Waals surface area contributed by atoms with Gasteiger partial charge in [0.15, 0.2) is 11.6 Å². The van der Waals surface area contributed by atoms with E-state index >= 15 is 0 Å². The summed E-state index contributed by atoms with van der Waals surface area (Å²) in [4.78, 5) is 39.3. The number of halogens is 3. The molecule has 11 heteroatoms. The van der Waals surface area contributed by atoms with Crippen LogP contribution in [0.4, 0.5) is 13.2 Å². The molecule has 3 rings (SSSR count). The molecule has 0 aliphatic rings. The number of aromatic amines is 1. The van der Waals surface area contributed by atoms with Gasteiger partial charge in [-0.2, -0.15) is 13.2 Å². The fourth-order valence-electron chi connectivity index (χ4n) is 2.90. The second-order valence-electron chi connectivity index (χ2n) is 7.04. The van der Waals surface area contributed by atoms with E-state index in [1.54, 1.807) is 19.9 Å². The second kappa shape index (κ2) is 8.17. The van der Waals surface area contributed by atoms with Crippen LogP contribution in [0.3, 0.4) is 0 Å². The summed E-state index contributed by atoms with van der Waals surface area (Å²) in [5.74, 6) is -0.631. The summed E-state index contributed by atoms with van der Waals surface area (Å²) in [5.41, 5.74) is -2.51. The maximum atomic E-state index is 13.0. The molecule has 0 radical (unpaired) electrons. The number of hydrogen-bond donors (Lipinski definition) is 2. The van der Waals surface area contributed by atoms with Gasteiger partial charge in [0.25, 0.3) is 11.5 Å². The maximum Gasteiger partial charge on any atom is 0.416 e. The number of carbonyl (C=O) groups excluding carboxylic acids is 1. The van der Waals surface area contributed by atoms with Crippen molar-refractivity contribution >= 4 is 5.91 Å². The number of ether oxygens (including phenoxy) is 1. The van der Waals surface area contributed by atoms with Crippen molar-refractivity contribution in [2.45, 2.75) is 25.6 Å². The fraction of sp³-hybridized carbons (Fsp3) is 0.250. The van der Waals surface area contributed by atoms with Crippen LogP contribution in [-0.2, 0) is 11.7 Å². The van der Waals surface area contributed by atoms with Crippen molar-refractivity contribution in [2.24, 2.45) is 0 Å². The van der Waals surface area contributed by atoms with Gasteiger partial charge in [0.05, 0.1) is 18.2 Å². The zero-order valence-corrected chi connectivity index (χ0v) is 16.7. The SMILES string of the molecule is COc1cc(C(F)(F)F)ccc1C(C)(C)NC(=O)c1cc(=O)[nH]c(-c2ncccn2)n1. The van der Waals surface area contributed by atoms with E-state index in [1.807, 2.05) is 0 Å². The van der Waals surface area contributed by atoms with Gasteiger partial charge in [-0.25, -0.2) is 15.0 Å². The number of methoxy groups -OCH3 is 1. The van der Waals surface area contributed by atoms with E-state index < -0.39 is 28.7 Å². The molecule has 31 heavy (non-hydrogen) atoms. The first-order valence-electron chi connectivity index (χ1n) is 8.98. The van der Waals surface area contributed by atoms with Crippen LogP contribution < -0.4 is 15.6 Å². The topological polar surface area (TPSA) is 110 Å². The van der Waals surface area contributed by atoms with E-state index in [-0.39, 0.29) is 23.1 Å². The average molecular weight is 433 g/mol. The minimum Gasteiger partial charge on any atom is -0.496 e. The van der Waals surface area contributed by atoms with Crippen molar-refractivity contribution in [3.63, 3.8) is 0 Å². The Morgan fingerprint density at radius 1 is 1.13 bits per heavy atom. The lowest BCUT2D eigenvalue weighted by Gasteiger charge is -2.29. The lowest BCUT2D eigenvalue weighted by Crippen LogP contribution is -2.42. The van der Waals surface area contributed by atoms with Gasteiger partial charge in [-0.1, -0.05) is 6.07 Å². The molecule has 0 saturated carbocycles. The molecule has 1 aromatic carbocycles. The van der Waals surface area contributed by atoms with E-state index in [1.165, 1.54) is 25.6 Å². The zero-order valence-electron chi connectivity index (χ0n) is 16.7. The highest BCUT2D eigenvalue weighted by molar-refractivity contribution is 5.93. The van der Waals surface area contributed by atoms with Crippen LogP contribution in [0.2, 0.25) is 0 Å². The highest BCUT2D eigenvalue weighted by Gasteiger charge is 2.34. The normalized spacial score (nSPS) is 11.8. The smallest absolute Gasteiger partial charge is 0.416 e. The van der Waals surface area contributed by atoms with Crippen LogP contribution in [0.5, 0.6) is 5.75 Å². The molecule has 8 nitrogen and oxygen atoms in total. The quantitative estimate of drug-likeness (QED) is 0.640. The lowest BCUT2D eigenvalue weighted by molar-refractivity contribution is -0.137. The summed E-state index contributed by atoms with van der Waals surface area (Å²) in [6.45, 7) is 3.18. The molecule has 3 aromatic rings. The van der Waals surface area contributed by atoms with Crippen LogP contribution in [0.1, 0.15) is 35.5 Å². The number of carbonyl (C=O) groups is 1. The average Bonchev–Trinajstić information content (AvgIpc) is 2.72. The molecule has 0 aliphatic heterocycles. The third-order valence-electron chi connectivity index (χ3n) is 4.38. The predicted octanol–water partition coefficient (Wildman–Crippen LogP) is 2.92. The van der Waals surface area contributed by atoms with Crippen LogP contribution in [0, 0.1) is 0 Å². The molecule has 0 aliphatic carbocycles. The molecule has 2 aromatic heterocycles. The van der Waals surface area contributed by atoms with Gasteiger partial charge in [-0.3, -0.25) is 9.59 Å². The molecule has 0 fully saturated rings. The molecule has 0 unspecified atom stereocenters. The number of nitrogens with one attached hydrogen (secondary N) is 2. The van der Waals surface area contributed by atoms with Crippen molar-refractivity contribution < 1.29 is 22.7 Å². The van der Waals surface area contributed by atoms with Crippen molar-refractivity contribution in [2.75, 3.05) is 7.11 Å². The Morgan fingerprint density at radius 3 is 2.42 bits per heavy atom. The van der Waals surface area contributed by atoms with Crippen LogP contribution in [0.25, 0.3) is 11.6 Å². The summed E-state index contributed by atoms with van der Waals surface area (Å²) in [6.07, 6.45) is -1.63. The highest BCUT2D eigenvalue weighted by atomic mass is 19.4. The first kappa shape index (κ1) is 21.9. The van der Waals surface area contributed by atoms with E-state index in [9.17, 15) is 22.8 Å². The molecule has 2 N–H and O–H groups in total. The van der Waals surface area contributed by atoms with Gasteiger partial charge in [0.1, 0.15) is 11.4 Å². The molecule has 0 saturated heterocycles. The minimum absolute atomic E-state index is 0.00293. The van der Waals surface area contributed by atoms with Gasteiger partial charge in [0, 0.05) is 24.0 Å². The van der Waals surface area contributed by atoms with Crippen molar-refractivity contribution in [1.29, 1.82) is 0 Å². The maximum absolute atomic E-state index is 13.0. The van der Waals surface area contributed by atoms with Crippen LogP contribution in [-0.4, -0.2) is 33.0 Å². The number of hydrogen-bond acceptors (Lipinski definition) is 6. The van der Waals surface area contributed by atoms with Gasteiger partial charge in [0.2, 0.25) is 0 Å². The van der Waals surface area contributed by atoms with E-state index in [0.29, 0.717) is 5.56 Å². The molecule has 2 heterocycles. The van der Waals surface area contributed by atoms with Crippen LogP contribution >= 0.6 is 0 Å². The number of H-pyrrole nitrogens is 1. The third kappa shape index (κ3) is 4.87. The Labute approximate surface area is 174 Å². The molecular weight excluding hydrogens is 415 g/mol. The Morgan fingerprint density at radius 2 is 1.81 bits per heavy atom. The molecule has 0 bridgehead atoms. The van der Waals surface area contributed by atoms with Crippen LogP contribution in [0.15, 0.2) is 47.5 Å². The number of nitrogens with zero attached hydrogens (tertiary/aromatic N) is 3. The van der Waals surface area contributed by atoms with E-state index in [2.05, 4.69) is 25.3 Å². The highest BCUT2D eigenvalue weighted by Crippen LogP contribution is 2.36. The number of alkyl halides is 3. The first-order valence-corrected chi connectivity index (χ1v) is 8.98. The van der Waals surface area contributed by atoms with Gasteiger partial charge in [-0.05, 0) is 32.0 Å². The fourth-order valence-corrected chi connectivity index (χ4v) is 2.90. The number of amides is 1. The second-order valence-corrected chi connectivity index (χ2v) is 7.04. The van der Waals surface area contributed by atoms with Crippen molar-refractivity contribution in [1.82, 2.24) is 25.3 Å². The minimum atomic E-state index is -4.54. The Kier molecular flexibility index (Phi) is 5.78. The zero-order chi connectivity index (χ0) is 22.8. The van der Waals surface area contributed by atoms with E-state index in [0.717, 1.165) is 18.2 Å². The number of benzene rings is 1. The van der Waals surface area contributed by atoms with E-state index in [4.69, 9.17) is 4.74 Å². The van der Waals surface area contributed by atoms with Gasteiger partial charge in [-0.15, -0.1) is 0 Å². The Bertz CT molecular complexity index is 1160. The molecular formula is C20H18F3N5O3. The summed E-state index contributed by atoms with van der Waals surface area (Å²) >= 11 is 0. The van der Waals surface area contributed by atoms with Gasteiger partial charge >= 0.3 is 6.18 Å². The first-order chi connectivity index (χ1) is 14.5. The monoisotopic (exact) mass is 433 g/mol. The number of aromatic nitrogens is 4. The van der Waals surface area contributed by atoms with Crippen molar-refractivity contribution in [3.8, 4) is 17.4 Å². The van der Waals surface area contributed by atoms with Gasteiger partial charge < -0.3 is 15.0 Å². The predicted molar refractivity (Wildman–Crippen MR) is 104 cm³/mol. The summed E-state index contributed by atoms with van der Waals surface area (Å²) in [6, 6.07) is 5.58. The largest absolute Gasteiger partial charge is 0.496 e. The molecule has 1 amide bonds. The summed E-state index contributed by atoms with van der Waals surface area (Å²) < 4.78 is 44.1. The summed E-state index contributed by atoms with van der Waals surface area (Å²) in [5, 5.41) is 2.67. The standard InChI is InChI=1S/C20H18F3N5O3/c1-19(2,12-6-5-11(20(21,22)23)9-14(12)31-3)28-18(30)13-10-15(29)27-17(26-13)16-24-7-4-8-25-16/h4-10H,1-3H3,(H,28,30)(H,26,27,29). The summed E-state index contributed by atoms with van der Waals surface area (Å²) in [7, 11) is 1.24. The molecule has 0 atom stereocenters. The number of rotatable bonds is 5. The van der Waals surface area contributed by atoms with Crippen molar-refractivity contribution in [3.05, 3.63) is 69.9 Å². The Balaban J connectivity index is 1.93. The third-order valence-corrected chi connectivity index (χ3v) is 4.38. The molecule has 0 spiro atoms. The Hall–Kier alpha value is -3.76.